The fraction of sp³-hybridized carbons (Fsp3) is 0.250. The van der Waals surface area contributed by atoms with Crippen LogP contribution in [0.15, 0.2) is 53.3 Å². The second-order valence-electron chi connectivity index (χ2n) is 5.11. The summed E-state index contributed by atoms with van der Waals surface area (Å²) >= 11 is 3.36. The van der Waals surface area contributed by atoms with Crippen LogP contribution in [-0.2, 0) is 11.3 Å². The van der Waals surface area contributed by atoms with Crippen LogP contribution >= 0.6 is 15.9 Å². The minimum atomic E-state index is -0.948. The Morgan fingerprint density at radius 2 is 2.00 bits per heavy atom. The molecule has 0 radical (unpaired) electrons. The fourth-order valence-electron chi connectivity index (χ4n) is 1.74. The van der Waals surface area contributed by atoms with Crippen molar-refractivity contribution in [3.05, 3.63) is 58.8 Å². The average molecular weight is 349 g/mol. The Labute approximate surface area is 132 Å². The molecule has 2 rings (SSSR count). The normalized spacial score (nSPS) is 11.0. The van der Waals surface area contributed by atoms with Crippen molar-refractivity contribution in [2.24, 2.45) is 0 Å². The number of halogens is 1. The van der Waals surface area contributed by atoms with Crippen molar-refractivity contribution in [3.63, 3.8) is 0 Å². The van der Waals surface area contributed by atoms with E-state index in [1.807, 2.05) is 36.4 Å². The van der Waals surface area contributed by atoms with Crippen LogP contribution in [0.25, 0.3) is 0 Å². The third-order valence-electron chi connectivity index (χ3n) is 2.91. The Balaban J connectivity index is 1.95. The second-order valence-corrected chi connectivity index (χ2v) is 6.03. The Morgan fingerprint density at radius 1 is 1.29 bits per heavy atom. The summed E-state index contributed by atoms with van der Waals surface area (Å²) in [7, 11) is 0. The van der Waals surface area contributed by atoms with Crippen LogP contribution in [0, 0.1) is 0 Å². The molecular formula is C16H17BrN2O2. The van der Waals surface area contributed by atoms with Gasteiger partial charge in [-0.3, -0.25) is 9.78 Å². The summed E-state index contributed by atoms with van der Waals surface area (Å²) in [5.41, 5.74) is 0.000970. The van der Waals surface area contributed by atoms with Gasteiger partial charge in [0.1, 0.15) is 5.75 Å². The molecule has 0 saturated heterocycles. The quantitative estimate of drug-likeness (QED) is 0.901. The molecule has 5 heteroatoms. The number of amides is 1. The summed E-state index contributed by atoms with van der Waals surface area (Å²) in [6.45, 7) is 3.92. The second kappa shape index (κ2) is 6.72. The lowest BCUT2D eigenvalue weighted by Crippen LogP contribution is -2.46. The van der Waals surface area contributed by atoms with E-state index in [4.69, 9.17) is 4.74 Å². The lowest BCUT2D eigenvalue weighted by atomic mass is 10.1. The van der Waals surface area contributed by atoms with Gasteiger partial charge >= 0.3 is 0 Å². The maximum atomic E-state index is 12.2. The molecule has 0 unspecified atom stereocenters. The van der Waals surface area contributed by atoms with Gasteiger partial charge in [0.25, 0.3) is 5.91 Å². The predicted octanol–water partition coefficient (Wildman–Crippen LogP) is 3.32. The van der Waals surface area contributed by atoms with Gasteiger partial charge in [-0.05, 0) is 49.7 Å². The van der Waals surface area contributed by atoms with Gasteiger partial charge in [-0.15, -0.1) is 0 Å². The molecule has 1 heterocycles. The largest absolute Gasteiger partial charge is 0.478 e. The number of carbonyl (C=O) groups is 1. The lowest BCUT2D eigenvalue weighted by Gasteiger charge is -2.25. The molecule has 1 aromatic carbocycles. The SMILES string of the molecule is CC(C)(Oc1ccc(Br)cc1)C(=O)NCc1cccnc1. The van der Waals surface area contributed by atoms with Gasteiger partial charge in [-0.1, -0.05) is 22.0 Å². The summed E-state index contributed by atoms with van der Waals surface area (Å²) in [5.74, 6) is 0.481. The van der Waals surface area contributed by atoms with E-state index in [9.17, 15) is 4.79 Å². The average Bonchev–Trinajstić information content (AvgIpc) is 2.48. The van der Waals surface area contributed by atoms with Crippen molar-refractivity contribution >= 4 is 21.8 Å². The molecule has 0 spiro atoms. The van der Waals surface area contributed by atoms with Crippen LogP contribution in [-0.4, -0.2) is 16.5 Å². The summed E-state index contributed by atoms with van der Waals surface area (Å²) in [6, 6.07) is 11.1. The van der Waals surface area contributed by atoms with Crippen molar-refractivity contribution in [3.8, 4) is 5.75 Å². The number of hydrogen-bond donors (Lipinski definition) is 1. The first-order valence-corrected chi connectivity index (χ1v) is 7.38. The highest BCUT2D eigenvalue weighted by Crippen LogP contribution is 2.21. The molecule has 1 N–H and O–H groups in total. The minimum Gasteiger partial charge on any atom is -0.478 e. The van der Waals surface area contributed by atoms with Gasteiger partial charge in [-0.25, -0.2) is 0 Å². The molecule has 0 fully saturated rings. The maximum Gasteiger partial charge on any atom is 0.263 e. The molecule has 1 amide bonds. The van der Waals surface area contributed by atoms with Crippen LogP contribution < -0.4 is 10.1 Å². The van der Waals surface area contributed by atoms with Crippen molar-refractivity contribution in [1.82, 2.24) is 10.3 Å². The van der Waals surface area contributed by atoms with Crippen molar-refractivity contribution in [2.45, 2.75) is 26.0 Å². The Bertz CT molecular complexity index is 597. The van der Waals surface area contributed by atoms with E-state index in [0.29, 0.717) is 12.3 Å². The lowest BCUT2D eigenvalue weighted by molar-refractivity contribution is -0.134. The Hall–Kier alpha value is -1.88. The van der Waals surface area contributed by atoms with Crippen molar-refractivity contribution in [2.75, 3.05) is 0 Å². The minimum absolute atomic E-state index is 0.172. The molecule has 2 aromatic rings. The van der Waals surface area contributed by atoms with Crippen LogP contribution in [0.5, 0.6) is 5.75 Å². The molecule has 21 heavy (non-hydrogen) atoms. The Morgan fingerprint density at radius 3 is 2.62 bits per heavy atom. The highest BCUT2D eigenvalue weighted by molar-refractivity contribution is 9.10. The van der Waals surface area contributed by atoms with E-state index in [2.05, 4.69) is 26.2 Å². The molecular weight excluding hydrogens is 332 g/mol. The van der Waals surface area contributed by atoms with Crippen molar-refractivity contribution < 1.29 is 9.53 Å². The number of carbonyl (C=O) groups excluding carboxylic acids is 1. The molecule has 4 nitrogen and oxygen atoms in total. The third-order valence-corrected chi connectivity index (χ3v) is 3.44. The smallest absolute Gasteiger partial charge is 0.263 e. The molecule has 110 valence electrons. The fourth-order valence-corrected chi connectivity index (χ4v) is 2.01. The van der Waals surface area contributed by atoms with Crippen LogP contribution in [0.3, 0.4) is 0 Å². The topological polar surface area (TPSA) is 51.2 Å². The van der Waals surface area contributed by atoms with Crippen molar-refractivity contribution in [1.29, 1.82) is 0 Å². The first kappa shape index (κ1) is 15.5. The number of rotatable bonds is 5. The zero-order valence-corrected chi connectivity index (χ0v) is 13.6. The summed E-state index contributed by atoms with van der Waals surface area (Å²) in [4.78, 5) is 16.3. The number of nitrogens with one attached hydrogen (secondary N) is 1. The highest BCUT2D eigenvalue weighted by Gasteiger charge is 2.29. The van der Waals surface area contributed by atoms with Gasteiger partial charge in [0, 0.05) is 23.4 Å². The first-order valence-electron chi connectivity index (χ1n) is 6.59. The zero-order chi connectivity index (χ0) is 15.3. The van der Waals surface area contributed by atoms with Crippen LogP contribution in [0.1, 0.15) is 19.4 Å². The third kappa shape index (κ3) is 4.56. The highest BCUT2D eigenvalue weighted by atomic mass is 79.9. The number of benzene rings is 1. The predicted molar refractivity (Wildman–Crippen MR) is 84.9 cm³/mol. The molecule has 0 aliphatic carbocycles. The molecule has 0 bridgehead atoms. The summed E-state index contributed by atoms with van der Waals surface area (Å²) in [6.07, 6.45) is 3.43. The number of ether oxygens (including phenoxy) is 1. The number of nitrogens with zero attached hydrogens (tertiary/aromatic N) is 1. The van der Waals surface area contributed by atoms with E-state index in [1.54, 1.807) is 26.2 Å². The Kier molecular flexibility index (Phi) is 4.96. The van der Waals surface area contributed by atoms with E-state index in [0.717, 1.165) is 10.0 Å². The van der Waals surface area contributed by atoms with Gasteiger partial charge in [0.15, 0.2) is 5.60 Å². The van der Waals surface area contributed by atoms with Gasteiger partial charge in [0.2, 0.25) is 0 Å². The molecule has 0 atom stereocenters. The summed E-state index contributed by atoms with van der Waals surface area (Å²) in [5, 5.41) is 2.86. The monoisotopic (exact) mass is 348 g/mol. The standard InChI is InChI=1S/C16H17BrN2O2/c1-16(2,21-14-7-5-13(17)6-8-14)15(20)19-11-12-4-3-9-18-10-12/h3-10H,11H2,1-2H3,(H,19,20). The zero-order valence-electron chi connectivity index (χ0n) is 12.0. The van der Waals surface area contributed by atoms with Crippen LogP contribution in [0.4, 0.5) is 0 Å². The molecule has 0 saturated carbocycles. The molecule has 1 aromatic heterocycles. The summed E-state index contributed by atoms with van der Waals surface area (Å²) < 4.78 is 6.72. The maximum absolute atomic E-state index is 12.2. The van der Waals surface area contributed by atoms with Gasteiger partial charge < -0.3 is 10.1 Å². The molecule has 0 aliphatic rings. The molecule has 0 aliphatic heterocycles. The van der Waals surface area contributed by atoms with E-state index < -0.39 is 5.60 Å². The number of hydrogen-bond acceptors (Lipinski definition) is 3. The van der Waals surface area contributed by atoms with E-state index >= 15 is 0 Å². The van der Waals surface area contributed by atoms with Gasteiger partial charge in [0.05, 0.1) is 0 Å². The van der Waals surface area contributed by atoms with E-state index in [-0.39, 0.29) is 5.91 Å². The van der Waals surface area contributed by atoms with Crippen LogP contribution in [0.2, 0.25) is 0 Å². The number of aromatic nitrogens is 1. The number of pyridine rings is 1. The first-order chi connectivity index (χ1) is 9.97. The van der Waals surface area contributed by atoms with Gasteiger partial charge in [-0.2, -0.15) is 0 Å². The van der Waals surface area contributed by atoms with E-state index in [1.165, 1.54) is 0 Å².